The van der Waals surface area contributed by atoms with Gasteiger partial charge in [-0.25, -0.2) is 0 Å². The number of fused-ring (bicyclic) bond motifs is 1. The van der Waals surface area contributed by atoms with E-state index in [1.165, 1.54) is 24.0 Å². The van der Waals surface area contributed by atoms with E-state index in [0.717, 1.165) is 5.02 Å². The molecule has 0 radical (unpaired) electrons. The summed E-state index contributed by atoms with van der Waals surface area (Å²) in [5.41, 5.74) is 3.14. The van der Waals surface area contributed by atoms with Gasteiger partial charge >= 0.3 is 0 Å². The van der Waals surface area contributed by atoms with Crippen LogP contribution in [0.15, 0.2) is 18.2 Å². The number of halogens is 1. The monoisotopic (exact) mass is 208 g/mol. The van der Waals surface area contributed by atoms with Crippen LogP contribution in [0.2, 0.25) is 5.02 Å². The van der Waals surface area contributed by atoms with E-state index < -0.39 is 0 Å². The highest BCUT2D eigenvalue weighted by molar-refractivity contribution is 6.31. The Morgan fingerprint density at radius 1 is 1.36 bits per heavy atom. The molecule has 1 aliphatic rings. The summed E-state index contributed by atoms with van der Waals surface area (Å²) in [7, 11) is 0. The normalized spacial score (nSPS) is 25.5. The van der Waals surface area contributed by atoms with Crippen molar-refractivity contribution in [2.45, 2.75) is 39.0 Å². The van der Waals surface area contributed by atoms with Crippen molar-refractivity contribution < 1.29 is 0 Å². The number of rotatable bonds is 1. The third-order valence-corrected chi connectivity index (χ3v) is 4.17. The van der Waals surface area contributed by atoms with Crippen molar-refractivity contribution >= 4 is 11.6 Å². The van der Waals surface area contributed by atoms with Crippen LogP contribution >= 0.6 is 11.6 Å². The van der Waals surface area contributed by atoms with E-state index in [4.69, 9.17) is 11.6 Å². The minimum atomic E-state index is 0.285. The highest BCUT2D eigenvalue weighted by Crippen LogP contribution is 2.46. The lowest BCUT2D eigenvalue weighted by Gasteiger charge is -2.30. The molecule has 0 saturated heterocycles. The maximum absolute atomic E-state index is 6.30. The Kier molecular flexibility index (Phi) is 2.35. The molecule has 0 spiro atoms. The largest absolute Gasteiger partial charge is 0.0840 e. The fourth-order valence-corrected chi connectivity index (χ4v) is 2.92. The molecule has 1 aromatic rings. The van der Waals surface area contributed by atoms with Crippen molar-refractivity contribution in [2.75, 3.05) is 0 Å². The van der Waals surface area contributed by atoms with Crippen LogP contribution in [0, 0.1) is 5.92 Å². The minimum absolute atomic E-state index is 0.285. The van der Waals surface area contributed by atoms with E-state index in [1.807, 2.05) is 6.07 Å². The first-order chi connectivity index (χ1) is 6.55. The first kappa shape index (κ1) is 10.0. The molecule has 0 saturated carbocycles. The van der Waals surface area contributed by atoms with Gasteiger partial charge in [-0.15, -0.1) is 0 Å². The number of hydrogen-bond acceptors (Lipinski definition) is 0. The van der Waals surface area contributed by atoms with Crippen molar-refractivity contribution in [2.24, 2.45) is 5.92 Å². The van der Waals surface area contributed by atoms with Gasteiger partial charge in [0.2, 0.25) is 0 Å². The second kappa shape index (κ2) is 3.27. The van der Waals surface area contributed by atoms with E-state index in [2.05, 4.69) is 32.9 Å². The van der Waals surface area contributed by atoms with E-state index >= 15 is 0 Å². The Morgan fingerprint density at radius 3 is 2.71 bits per heavy atom. The van der Waals surface area contributed by atoms with Crippen LogP contribution in [0.5, 0.6) is 0 Å². The van der Waals surface area contributed by atoms with Gasteiger partial charge in [0.1, 0.15) is 0 Å². The predicted molar refractivity (Wildman–Crippen MR) is 62.0 cm³/mol. The van der Waals surface area contributed by atoms with Gasteiger partial charge in [-0.3, -0.25) is 0 Å². The zero-order chi connectivity index (χ0) is 10.3. The van der Waals surface area contributed by atoms with E-state index in [9.17, 15) is 0 Å². The second-order valence-electron chi connectivity index (χ2n) is 4.85. The summed E-state index contributed by atoms with van der Waals surface area (Å²) in [6, 6.07) is 6.30. The van der Waals surface area contributed by atoms with Crippen molar-refractivity contribution in [3.8, 4) is 0 Å². The number of benzene rings is 1. The van der Waals surface area contributed by atoms with Crippen molar-refractivity contribution in [3.05, 3.63) is 34.3 Å². The maximum atomic E-state index is 6.30. The zero-order valence-electron chi connectivity index (χ0n) is 9.10. The second-order valence-corrected chi connectivity index (χ2v) is 5.25. The predicted octanol–water partition coefficient (Wildman–Crippen LogP) is 4.20. The van der Waals surface area contributed by atoms with Gasteiger partial charge < -0.3 is 0 Å². The lowest BCUT2D eigenvalue weighted by molar-refractivity contribution is 0.337. The summed E-state index contributed by atoms with van der Waals surface area (Å²) >= 11 is 6.30. The summed E-state index contributed by atoms with van der Waals surface area (Å²) in [6.45, 7) is 6.92. The Morgan fingerprint density at radius 2 is 2.07 bits per heavy atom. The van der Waals surface area contributed by atoms with Gasteiger partial charge in [0.05, 0.1) is 0 Å². The first-order valence-electron chi connectivity index (χ1n) is 5.33. The summed E-state index contributed by atoms with van der Waals surface area (Å²) in [5.74, 6) is 0.656. The average molecular weight is 209 g/mol. The summed E-state index contributed by atoms with van der Waals surface area (Å²) in [6.07, 6.45) is 2.42. The van der Waals surface area contributed by atoms with Crippen LogP contribution in [0.3, 0.4) is 0 Å². The highest BCUT2D eigenvalue weighted by atomic mass is 35.5. The van der Waals surface area contributed by atoms with Crippen LogP contribution in [0.25, 0.3) is 0 Å². The lowest BCUT2D eigenvalue weighted by Crippen LogP contribution is -2.25. The third-order valence-electron chi connectivity index (χ3n) is 3.86. The lowest BCUT2D eigenvalue weighted by atomic mass is 9.74. The fraction of sp³-hybridized carbons (Fsp3) is 0.538. The van der Waals surface area contributed by atoms with Gasteiger partial charge in [-0.2, -0.15) is 0 Å². The zero-order valence-corrected chi connectivity index (χ0v) is 9.86. The van der Waals surface area contributed by atoms with Crippen LogP contribution in [-0.4, -0.2) is 0 Å². The van der Waals surface area contributed by atoms with Gasteiger partial charge in [0.15, 0.2) is 0 Å². The van der Waals surface area contributed by atoms with E-state index in [1.54, 1.807) is 0 Å². The first-order valence-corrected chi connectivity index (χ1v) is 5.71. The molecule has 0 nitrogen and oxygen atoms in total. The average Bonchev–Trinajstić information content (AvgIpc) is 2.47. The van der Waals surface area contributed by atoms with Gasteiger partial charge in [-0.1, -0.05) is 44.5 Å². The molecular weight excluding hydrogens is 192 g/mol. The van der Waals surface area contributed by atoms with Crippen LogP contribution in [0.1, 0.15) is 38.3 Å². The molecule has 2 rings (SSSR count). The van der Waals surface area contributed by atoms with E-state index in [-0.39, 0.29) is 5.41 Å². The molecule has 1 aliphatic carbocycles. The number of hydrogen-bond donors (Lipinski definition) is 0. The molecule has 1 atom stereocenters. The van der Waals surface area contributed by atoms with Crippen molar-refractivity contribution in [1.82, 2.24) is 0 Å². The summed E-state index contributed by atoms with van der Waals surface area (Å²) in [4.78, 5) is 0. The van der Waals surface area contributed by atoms with Gasteiger partial charge in [0.25, 0.3) is 0 Å². The molecule has 0 heterocycles. The Bertz CT molecular complexity index is 354. The molecule has 0 bridgehead atoms. The smallest absolute Gasteiger partial charge is 0.0446 e. The molecule has 1 unspecified atom stereocenters. The van der Waals surface area contributed by atoms with Crippen molar-refractivity contribution in [1.29, 1.82) is 0 Å². The molecule has 14 heavy (non-hydrogen) atoms. The number of aryl methyl sites for hydroxylation is 1. The Hall–Kier alpha value is -0.490. The van der Waals surface area contributed by atoms with Crippen molar-refractivity contribution in [3.63, 3.8) is 0 Å². The van der Waals surface area contributed by atoms with Crippen LogP contribution < -0.4 is 0 Å². The molecule has 0 N–H and O–H groups in total. The van der Waals surface area contributed by atoms with Crippen LogP contribution in [0.4, 0.5) is 0 Å². The molecule has 76 valence electrons. The molecular formula is C13H17Cl. The molecule has 0 amide bonds. The standard InChI is InChI=1S/C13H17Cl/c1-9(2)13(3)8-7-10-5-4-6-11(14)12(10)13/h4-6,9H,7-8H2,1-3H3. The minimum Gasteiger partial charge on any atom is -0.0840 e. The third kappa shape index (κ3) is 1.28. The molecule has 0 aromatic heterocycles. The quantitative estimate of drug-likeness (QED) is 0.649. The molecule has 1 heteroatoms. The SMILES string of the molecule is CC(C)C1(C)CCc2cccc(Cl)c21. The van der Waals surface area contributed by atoms with Gasteiger partial charge in [-0.05, 0) is 41.4 Å². The molecule has 1 aromatic carbocycles. The molecule has 0 fully saturated rings. The highest BCUT2D eigenvalue weighted by Gasteiger charge is 2.38. The summed E-state index contributed by atoms with van der Waals surface area (Å²) < 4.78 is 0. The van der Waals surface area contributed by atoms with E-state index in [0.29, 0.717) is 5.92 Å². The fourth-order valence-electron chi connectivity index (χ4n) is 2.51. The summed E-state index contributed by atoms with van der Waals surface area (Å²) in [5, 5.41) is 0.955. The van der Waals surface area contributed by atoms with Crippen LogP contribution in [-0.2, 0) is 11.8 Å². The Labute approximate surface area is 91.3 Å². The Balaban J connectivity index is 2.58. The molecule has 0 aliphatic heterocycles. The maximum Gasteiger partial charge on any atom is 0.0446 e. The topological polar surface area (TPSA) is 0 Å². The van der Waals surface area contributed by atoms with Gasteiger partial charge in [0, 0.05) is 5.02 Å².